The molecule has 0 saturated carbocycles. The van der Waals surface area contributed by atoms with E-state index in [2.05, 4.69) is 42.5 Å². The van der Waals surface area contributed by atoms with Gasteiger partial charge < -0.3 is 9.80 Å². The molecule has 0 atom stereocenters. The first kappa shape index (κ1) is 15.0. The quantitative estimate of drug-likeness (QED) is 0.677. The van der Waals surface area contributed by atoms with E-state index in [0.29, 0.717) is 0 Å². The van der Waals surface area contributed by atoms with E-state index < -0.39 is 0 Å². The summed E-state index contributed by atoms with van der Waals surface area (Å²) in [6.07, 6.45) is 8.09. The van der Waals surface area contributed by atoms with E-state index in [1.165, 1.54) is 5.70 Å². The van der Waals surface area contributed by atoms with Crippen molar-refractivity contribution in [1.29, 1.82) is 0 Å². The topological polar surface area (TPSA) is 6.48 Å². The largest absolute Gasteiger partial charge is 0.369 e. The van der Waals surface area contributed by atoms with Gasteiger partial charge in [0.25, 0.3) is 0 Å². The van der Waals surface area contributed by atoms with Crippen LogP contribution < -0.4 is 0 Å². The Bertz CT molecular complexity index is 233. The first-order valence-electron chi connectivity index (χ1n) is 6.17. The summed E-state index contributed by atoms with van der Waals surface area (Å²) in [7, 11) is 2.17. The molecule has 0 unspecified atom stereocenters. The summed E-state index contributed by atoms with van der Waals surface area (Å²) in [6, 6.07) is 0. The van der Waals surface area contributed by atoms with E-state index in [0.717, 1.165) is 26.2 Å². The zero-order valence-corrected chi connectivity index (χ0v) is 11.2. The Morgan fingerprint density at radius 2 is 1.69 bits per heavy atom. The number of hydrogen-bond acceptors (Lipinski definition) is 2. The average Bonchev–Trinajstić information content (AvgIpc) is 2.35. The molecule has 1 saturated heterocycles. The number of rotatable bonds is 3. The minimum Gasteiger partial charge on any atom is -0.369 e. The molecule has 16 heavy (non-hydrogen) atoms. The van der Waals surface area contributed by atoms with Gasteiger partial charge in [-0.15, -0.1) is 0 Å². The molecule has 2 heteroatoms. The zero-order chi connectivity index (χ0) is 12.4. The molecule has 1 aliphatic heterocycles. The highest BCUT2D eigenvalue weighted by molar-refractivity contribution is 5.20. The molecule has 92 valence electrons. The van der Waals surface area contributed by atoms with Crippen LogP contribution in [0.2, 0.25) is 0 Å². The summed E-state index contributed by atoms with van der Waals surface area (Å²) in [5.41, 5.74) is 1.30. The van der Waals surface area contributed by atoms with E-state index in [9.17, 15) is 0 Å². The molecular weight excluding hydrogens is 196 g/mol. The predicted octanol–water partition coefficient (Wildman–Crippen LogP) is 2.91. The van der Waals surface area contributed by atoms with Crippen molar-refractivity contribution in [3.05, 3.63) is 36.6 Å². The summed E-state index contributed by atoms with van der Waals surface area (Å²) in [5, 5.41) is 0. The maximum atomic E-state index is 3.68. The Kier molecular flexibility index (Phi) is 8.64. The number of hydrogen-bond donors (Lipinski definition) is 0. The van der Waals surface area contributed by atoms with Gasteiger partial charge in [-0.25, -0.2) is 0 Å². The molecule has 0 aromatic heterocycles. The van der Waals surface area contributed by atoms with Crippen molar-refractivity contribution in [2.24, 2.45) is 0 Å². The molecule has 1 heterocycles. The van der Waals surface area contributed by atoms with Gasteiger partial charge in [-0.3, -0.25) is 0 Å². The van der Waals surface area contributed by atoms with Crippen molar-refractivity contribution < 1.29 is 0 Å². The zero-order valence-electron chi connectivity index (χ0n) is 11.2. The molecule has 2 nitrogen and oxygen atoms in total. The van der Waals surface area contributed by atoms with Crippen molar-refractivity contribution in [2.45, 2.75) is 20.8 Å². The second-order valence-electron chi connectivity index (χ2n) is 3.60. The molecule has 0 aliphatic carbocycles. The Morgan fingerprint density at radius 1 is 1.12 bits per heavy atom. The Labute approximate surface area is 101 Å². The summed E-state index contributed by atoms with van der Waals surface area (Å²) >= 11 is 0. The lowest BCUT2D eigenvalue weighted by Crippen LogP contribution is -2.43. The highest BCUT2D eigenvalue weighted by Gasteiger charge is 2.13. The smallest absolute Gasteiger partial charge is 0.0323 e. The third kappa shape index (κ3) is 5.17. The van der Waals surface area contributed by atoms with Gasteiger partial charge in [0.1, 0.15) is 0 Å². The minimum absolute atomic E-state index is 1.12. The molecule has 0 N–H and O–H groups in total. The normalized spacial score (nSPS) is 18.2. The standard InChI is InChI=1S/C12H20N2.C2H6/c1-4-6-7-12(5-2)14-10-8-13(3)9-11-14;1-2/h4-7H,1,8-11H2,2-3H3;1-2H3/b7-6-,12-5+;. The van der Waals surface area contributed by atoms with Crippen LogP contribution in [0.1, 0.15) is 20.8 Å². The minimum atomic E-state index is 1.12. The Hall–Kier alpha value is -1.02. The van der Waals surface area contributed by atoms with Gasteiger partial charge >= 0.3 is 0 Å². The van der Waals surface area contributed by atoms with Crippen LogP contribution >= 0.6 is 0 Å². The molecule has 0 radical (unpaired) electrons. The molecule has 0 aromatic carbocycles. The second kappa shape index (κ2) is 9.22. The lowest BCUT2D eigenvalue weighted by atomic mass is 10.2. The highest BCUT2D eigenvalue weighted by atomic mass is 15.2. The lowest BCUT2D eigenvalue weighted by molar-refractivity contribution is 0.190. The average molecular weight is 222 g/mol. The predicted molar refractivity (Wildman–Crippen MR) is 73.5 cm³/mol. The molecule has 1 aliphatic rings. The van der Waals surface area contributed by atoms with E-state index in [1.54, 1.807) is 0 Å². The fraction of sp³-hybridized carbons (Fsp3) is 0.571. The summed E-state index contributed by atoms with van der Waals surface area (Å²) in [6.45, 7) is 14.3. The van der Waals surface area contributed by atoms with Gasteiger partial charge in [-0.2, -0.15) is 0 Å². The van der Waals surface area contributed by atoms with Crippen LogP contribution in [0.3, 0.4) is 0 Å². The number of likely N-dealkylation sites (N-methyl/N-ethyl adjacent to an activating group) is 1. The summed E-state index contributed by atoms with van der Waals surface area (Å²) in [4.78, 5) is 4.78. The van der Waals surface area contributed by atoms with Crippen LogP contribution in [-0.4, -0.2) is 43.0 Å². The van der Waals surface area contributed by atoms with Crippen LogP contribution in [0.15, 0.2) is 36.6 Å². The van der Waals surface area contributed by atoms with Gasteiger partial charge in [0.05, 0.1) is 0 Å². The first-order valence-corrected chi connectivity index (χ1v) is 6.17. The monoisotopic (exact) mass is 222 g/mol. The van der Waals surface area contributed by atoms with Crippen LogP contribution in [-0.2, 0) is 0 Å². The van der Waals surface area contributed by atoms with Crippen LogP contribution in [0.4, 0.5) is 0 Å². The fourth-order valence-electron chi connectivity index (χ4n) is 1.62. The Morgan fingerprint density at radius 3 is 2.12 bits per heavy atom. The molecule has 0 spiro atoms. The lowest BCUT2D eigenvalue weighted by Gasteiger charge is -2.34. The van der Waals surface area contributed by atoms with Crippen molar-refractivity contribution in [3.63, 3.8) is 0 Å². The van der Waals surface area contributed by atoms with E-state index >= 15 is 0 Å². The van der Waals surface area contributed by atoms with Crippen LogP contribution in [0.25, 0.3) is 0 Å². The summed E-state index contributed by atoms with van der Waals surface area (Å²) < 4.78 is 0. The molecule has 0 aromatic rings. The van der Waals surface area contributed by atoms with E-state index in [1.807, 2.05) is 26.0 Å². The maximum Gasteiger partial charge on any atom is 0.0323 e. The van der Waals surface area contributed by atoms with Crippen LogP contribution in [0.5, 0.6) is 0 Å². The number of piperazine rings is 1. The number of nitrogens with zero attached hydrogens (tertiary/aromatic N) is 2. The second-order valence-corrected chi connectivity index (χ2v) is 3.60. The van der Waals surface area contributed by atoms with Crippen molar-refractivity contribution in [2.75, 3.05) is 33.2 Å². The molecule has 1 fully saturated rings. The maximum absolute atomic E-state index is 3.68. The Balaban J connectivity index is 0.00000106. The molecule has 0 bridgehead atoms. The van der Waals surface area contributed by atoms with Crippen LogP contribution in [0, 0.1) is 0 Å². The first-order chi connectivity index (χ1) is 7.77. The fourth-order valence-corrected chi connectivity index (χ4v) is 1.62. The van der Waals surface area contributed by atoms with Gasteiger partial charge in [0.15, 0.2) is 0 Å². The highest BCUT2D eigenvalue weighted by Crippen LogP contribution is 2.09. The van der Waals surface area contributed by atoms with Crippen molar-refractivity contribution >= 4 is 0 Å². The molecular formula is C14H26N2. The van der Waals surface area contributed by atoms with Gasteiger partial charge in [-0.1, -0.05) is 38.7 Å². The van der Waals surface area contributed by atoms with Crippen molar-refractivity contribution in [1.82, 2.24) is 9.80 Å². The van der Waals surface area contributed by atoms with Gasteiger partial charge in [0.2, 0.25) is 0 Å². The SMILES string of the molecule is C=C/C=C\C(=C/C)N1CCN(C)CC1.CC. The van der Waals surface area contributed by atoms with Gasteiger partial charge in [-0.05, 0) is 20.0 Å². The third-order valence-corrected chi connectivity index (χ3v) is 2.57. The van der Waals surface area contributed by atoms with Crippen molar-refractivity contribution in [3.8, 4) is 0 Å². The van der Waals surface area contributed by atoms with Gasteiger partial charge in [0, 0.05) is 31.9 Å². The van der Waals surface area contributed by atoms with E-state index in [-0.39, 0.29) is 0 Å². The molecule has 0 amide bonds. The van der Waals surface area contributed by atoms with E-state index in [4.69, 9.17) is 0 Å². The third-order valence-electron chi connectivity index (χ3n) is 2.57. The molecule has 1 rings (SSSR count). The number of allylic oxidation sites excluding steroid dienone is 4. The summed E-state index contributed by atoms with van der Waals surface area (Å²) in [5.74, 6) is 0.